The van der Waals surface area contributed by atoms with Crippen LogP contribution < -0.4 is 10.5 Å². The molecular weight excluding hydrogens is 288 g/mol. The normalized spacial score (nSPS) is 10.8. The van der Waals surface area contributed by atoms with E-state index in [1.807, 2.05) is 36.4 Å². The lowest BCUT2D eigenvalue weighted by atomic mass is 10.3. The minimum Gasteiger partial charge on any atom is -0.493 e. The molecule has 0 aliphatic carbocycles. The summed E-state index contributed by atoms with van der Waals surface area (Å²) in [5, 5.41) is 0.594. The number of benzene rings is 2. The molecule has 0 spiro atoms. The summed E-state index contributed by atoms with van der Waals surface area (Å²) in [5.74, 6) is 1.79. The van der Waals surface area contributed by atoms with E-state index in [1.54, 1.807) is 11.8 Å². The van der Waals surface area contributed by atoms with E-state index in [4.69, 9.17) is 10.5 Å². The number of nitrogen functional groups attached to an aromatic ring is 1. The van der Waals surface area contributed by atoms with Gasteiger partial charge in [0.15, 0.2) is 5.13 Å². The quantitative estimate of drug-likeness (QED) is 0.570. The van der Waals surface area contributed by atoms with Crippen molar-refractivity contribution in [2.45, 2.75) is 4.90 Å². The fourth-order valence-corrected chi connectivity index (χ4v) is 3.36. The summed E-state index contributed by atoms with van der Waals surface area (Å²) in [4.78, 5) is 5.49. The number of anilines is 1. The van der Waals surface area contributed by atoms with Crippen LogP contribution >= 0.6 is 23.1 Å². The zero-order chi connectivity index (χ0) is 13.8. The third-order valence-electron chi connectivity index (χ3n) is 2.74. The highest BCUT2D eigenvalue weighted by Crippen LogP contribution is 2.27. The molecule has 3 rings (SSSR count). The first-order valence-corrected chi connectivity index (χ1v) is 8.08. The smallest absolute Gasteiger partial charge is 0.181 e. The van der Waals surface area contributed by atoms with Crippen molar-refractivity contribution in [1.29, 1.82) is 0 Å². The van der Waals surface area contributed by atoms with Crippen LogP contribution in [0.5, 0.6) is 5.75 Å². The Morgan fingerprint density at radius 1 is 1.15 bits per heavy atom. The predicted molar refractivity (Wildman–Crippen MR) is 86.7 cm³/mol. The lowest BCUT2D eigenvalue weighted by Crippen LogP contribution is -1.99. The standard InChI is InChI=1S/C15H14N2OS2/c16-15-17-13-7-6-11(10-14(13)20-15)18-8-9-19-12-4-2-1-3-5-12/h1-7,10H,8-9H2,(H2,16,17). The molecule has 0 bridgehead atoms. The van der Waals surface area contributed by atoms with Crippen LogP contribution in [0.4, 0.5) is 5.13 Å². The van der Waals surface area contributed by atoms with Gasteiger partial charge in [-0.15, -0.1) is 11.8 Å². The summed E-state index contributed by atoms with van der Waals surface area (Å²) in [7, 11) is 0. The fourth-order valence-electron chi connectivity index (χ4n) is 1.85. The molecule has 3 nitrogen and oxygen atoms in total. The van der Waals surface area contributed by atoms with E-state index >= 15 is 0 Å². The van der Waals surface area contributed by atoms with Gasteiger partial charge in [-0.25, -0.2) is 4.98 Å². The number of hydrogen-bond donors (Lipinski definition) is 1. The summed E-state index contributed by atoms with van der Waals surface area (Å²) in [6.45, 7) is 0.680. The van der Waals surface area contributed by atoms with Gasteiger partial charge in [-0.1, -0.05) is 29.5 Å². The number of thioether (sulfide) groups is 1. The van der Waals surface area contributed by atoms with Crippen molar-refractivity contribution in [1.82, 2.24) is 4.98 Å². The molecule has 2 N–H and O–H groups in total. The van der Waals surface area contributed by atoms with E-state index in [0.29, 0.717) is 11.7 Å². The van der Waals surface area contributed by atoms with Crippen LogP contribution in [0.1, 0.15) is 0 Å². The minimum atomic E-state index is 0.594. The maximum atomic E-state index is 5.76. The average Bonchev–Trinajstić information content (AvgIpc) is 2.84. The van der Waals surface area contributed by atoms with Crippen molar-refractivity contribution in [3.63, 3.8) is 0 Å². The summed E-state index contributed by atoms with van der Waals surface area (Å²) in [6.07, 6.45) is 0. The number of hydrogen-bond acceptors (Lipinski definition) is 5. The van der Waals surface area contributed by atoms with Crippen LogP contribution in [0.2, 0.25) is 0 Å². The van der Waals surface area contributed by atoms with E-state index in [2.05, 4.69) is 17.1 Å². The molecule has 2 aromatic carbocycles. The van der Waals surface area contributed by atoms with Gasteiger partial charge in [-0.05, 0) is 30.3 Å². The zero-order valence-electron chi connectivity index (χ0n) is 10.8. The Hall–Kier alpha value is -1.72. The molecule has 0 radical (unpaired) electrons. The van der Waals surface area contributed by atoms with Crippen LogP contribution in [-0.4, -0.2) is 17.3 Å². The number of rotatable bonds is 5. The van der Waals surface area contributed by atoms with Gasteiger partial charge in [0.05, 0.1) is 16.8 Å². The molecule has 0 amide bonds. The monoisotopic (exact) mass is 302 g/mol. The van der Waals surface area contributed by atoms with E-state index < -0.39 is 0 Å². The van der Waals surface area contributed by atoms with Crippen molar-refractivity contribution in [2.24, 2.45) is 0 Å². The summed E-state index contributed by atoms with van der Waals surface area (Å²) >= 11 is 3.28. The molecule has 0 aliphatic rings. The van der Waals surface area contributed by atoms with E-state index in [0.717, 1.165) is 21.7 Å². The number of aromatic nitrogens is 1. The number of nitrogens with two attached hydrogens (primary N) is 1. The van der Waals surface area contributed by atoms with Gasteiger partial charge >= 0.3 is 0 Å². The predicted octanol–water partition coefficient (Wildman–Crippen LogP) is 4.05. The third-order valence-corrected chi connectivity index (χ3v) is 4.56. The summed E-state index contributed by atoms with van der Waals surface area (Å²) < 4.78 is 6.83. The van der Waals surface area contributed by atoms with Crippen LogP contribution in [0.3, 0.4) is 0 Å². The van der Waals surface area contributed by atoms with Gasteiger partial charge < -0.3 is 10.5 Å². The van der Waals surface area contributed by atoms with E-state index in [1.165, 1.54) is 16.2 Å². The molecule has 0 fully saturated rings. The minimum absolute atomic E-state index is 0.594. The average molecular weight is 302 g/mol. The second-order valence-electron chi connectivity index (χ2n) is 4.19. The van der Waals surface area contributed by atoms with Crippen molar-refractivity contribution in [2.75, 3.05) is 18.1 Å². The van der Waals surface area contributed by atoms with Crippen LogP contribution in [0, 0.1) is 0 Å². The molecule has 3 aromatic rings. The van der Waals surface area contributed by atoms with Crippen molar-refractivity contribution in [3.05, 3.63) is 48.5 Å². The number of ether oxygens (including phenoxy) is 1. The Morgan fingerprint density at radius 3 is 2.85 bits per heavy atom. The molecule has 0 aliphatic heterocycles. The van der Waals surface area contributed by atoms with Gasteiger partial charge in [-0.2, -0.15) is 0 Å². The van der Waals surface area contributed by atoms with Crippen LogP contribution in [0.15, 0.2) is 53.4 Å². The van der Waals surface area contributed by atoms with E-state index in [9.17, 15) is 0 Å². The maximum absolute atomic E-state index is 5.76. The molecule has 0 saturated heterocycles. The molecule has 0 unspecified atom stereocenters. The van der Waals surface area contributed by atoms with Gasteiger partial charge in [0.2, 0.25) is 0 Å². The first kappa shape index (κ1) is 13.3. The highest BCUT2D eigenvalue weighted by Gasteiger charge is 2.03. The highest BCUT2D eigenvalue weighted by atomic mass is 32.2. The Bertz CT molecular complexity index is 697. The summed E-state index contributed by atoms with van der Waals surface area (Å²) in [6, 6.07) is 16.2. The number of fused-ring (bicyclic) bond motifs is 1. The first-order chi connectivity index (χ1) is 9.81. The van der Waals surface area contributed by atoms with E-state index in [-0.39, 0.29) is 0 Å². The van der Waals surface area contributed by atoms with Crippen LogP contribution in [-0.2, 0) is 0 Å². The second kappa shape index (κ2) is 6.15. The maximum Gasteiger partial charge on any atom is 0.181 e. The SMILES string of the molecule is Nc1nc2ccc(OCCSc3ccccc3)cc2s1. The Kier molecular flexibility index (Phi) is 4.08. The Balaban J connectivity index is 1.54. The largest absolute Gasteiger partial charge is 0.493 e. The molecule has 0 atom stereocenters. The molecule has 102 valence electrons. The van der Waals surface area contributed by atoms with Crippen molar-refractivity contribution >= 4 is 38.4 Å². The highest BCUT2D eigenvalue weighted by molar-refractivity contribution is 7.99. The lowest BCUT2D eigenvalue weighted by molar-refractivity contribution is 0.344. The molecular formula is C15H14N2OS2. The summed E-state index contributed by atoms with van der Waals surface area (Å²) in [5.41, 5.74) is 6.62. The second-order valence-corrected chi connectivity index (χ2v) is 6.42. The molecule has 20 heavy (non-hydrogen) atoms. The molecule has 1 aromatic heterocycles. The molecule has 5 heteroatoms. The van der Waals surface area contributed by atoms with Gasteiger partial charge in [-0.3, -0.25) is 0 Å². The fraction of sp³-hybridized carbons (Fsp3) is 0.133. The lowest BCUT2D eigenvalue weighted by Gasteiger charge is -2.05. The Labute approximate surface area is 125 Å². The molecule has 0 saturated carbocycles. The topological polar surface area (TPSA) is 48.1 Å². The molecule has 1 heterocycles. The van der Waals surface area contributed by atoms with Crippen molar-refractivity contribution < 1.29 is 4.74 Å². The third kappa shape index (κ3) is 3.23. The van der Waals surface area contributed by atoms with Crippen LogP contribution in [0.25, 0.3) is 10.2 Å². The van der Waals surface area contributed by atoms with Crippen molar-refractivity contribution in [3.8, 4) is 5.75 Å². The van der Waals surface area contributed by atoms with Gasteiger partial charge in [0.25, 0.3) is 0 Å². The zero-order valence-corrected chi connectivity index (χ0v) is 12.4. The Morgan fingerprint density at radius 2 is 2.00 bits per heavy atom. The number of nitrogens with zero attached hydrogens (tertiary/aromatic N) is 1. The van der Waals surface area contributed by atoms with Gasteiger partial charge in [0, 0.05) is 10.6 Å². The van der Waals surface area contributed by atoms with Gasteiger partial charge in [0.1, 0.15) is 5.75 Å². The number of thiazole rings is 1. The first-order valence-electron chi connectivity index (χ1n) is 6.28.